The number of nitrogens with zero attached hydrogens (tertiary/aromatic N) is 1. The molecule has 0 aliphatic carbocycles. The number of halogens is 1. The molecule has 2 N–H and O–H groups in total. The van der Waals surface area contributed by atoms with Crippen LogP contribution in [-0.4, -0.2) is 47.0 Å². The van der Waals surface area contributed by atoms with Gasteiger partial charge in [-0.05, 0) is 31.2 Å². The monoisotopic (exact) mass is 341 g/mol. The second-order valence-electron chi connectivity index (χ2n) is 4.20. The van der Waals surface area contributed by atoms with Crippen LogP contribution in [0.5, 0.6) is 5.75 Å². The Morgan fingerprint density at radius 1 is 1.26 bits per heavy atom. The smallest absolute Gasteiger partial charge is 0.356 e. The Kier molecular flexibility index (Phi) is 7.24. The molecule has 0 atom stereocenters. The minimum Gasteiger partial charge on any atom is -0.478 e. The molecule has 2 rings (SSSR count). The standard InChI is InChI=1S/C12H8ClNO5.C3H8O/c13-7-3-4-8(9-6(7)2-1-5-14-9)19-10(11(15)16)12(17)18;1-3-4-2/h1-5,10H,(H,15,16)(H,17,18);3H2,1-2H3. The number of aromatic nitrogens is 1. The van der Waals surface area contributed by atoms with Crippen LogP contribution in [0.15, 0.2) is 30.5 Å². The van der Waals surface area contributed by atoms with Crippen LogP contribution in [0.4, 0.5) is 0 Å². The molecule has 124 valence electrons. The summed E-state index contributed by atoms with van der Waals surface area (Å²) in [5.74, 6) is -3.13. The number of ether oxygens (including phenoxy) is 2. The zero-order valence-electron chi connectivity index (χ0n) is 12.5. The van der Waals surface area contributed by atoms with Crippen LogP contribution >= 0.6 is 11.6 Å². The van der Waals surface area contributed by atoms with Gasteiger partial charge in [0.2, 0.25) is 0 Å². The van der Waals surface area contributed by atoms with Gasteiger partial charge in [0.1, 0.15) is 11.3 Å². The van der Waals surface area contributed by atoms with Crippen LogP contribution in [0.1, 0.15) is 6.92 Å². The first kappa shape index (κ1) is 18.7. The molecule has 0 saturated heterocycles. The van der Waals surface area contributed by atoms with E-state index in [1.165, 1.54) is 18.3 Å². The number of carboxylic acid groups (broad SMARTS) is 2. The van der Waals surface area contributed by atoms with Crippen molar-refractivity contribution >= 4 is 34.4 Å². The summed E-state index contributed by atoms with van der Waals surface area (Å²) < 4.78 is 9.53. The maximum atomic E-state index is 10.8. The molecular formula is C15H16ClNO6. The van der Waals surface area contributed by atoms with E-state index in [2.05, 4.69) is 9.72 Å². The highest BCUT2D eigenvalue weighted by molar-refractivity contribution is 6.35. The van der Waals surface area contributed by atoms with Gasteiger partial charge in [0, 0.05) is 25.3 Å². The lowest BCUT2D eigenvalue weighted by Gasteiger charge is -2.12. The van der Waals surface area contributed by atoms with E-state index in [9.17, 15) is 9.59 Å². The van der Waals surface area contributed by atoms with Crippen molar-refractivity contribution < 1.29 is 29.3 Å². The Labute approximate surface area is 137 Å². The predicted octanol–water partition coefficient (Wildman–Crippen LogP) is 2.46. The number of carbonyl (C=O) groups is 2. The highest BCUT2D eigenvalue weighted by atomic mass is 35.5. The number of hydrogen-bond acceptors (Lipinski definition) is 5. The lowest BCUT2D eigenvalue weighted by atomic mass is 10.2. The van der Waals surface area contributed by atoms with Crippen LogP contribution in [0.25, 0.3) is 10.9 Å². The van der Waals surface area contributed by atoms with Crippen molar-refractivity contribution in [3.05, 3.63) is 35.5 Å². The molecular weight excluding hydrogens is 326 g/mol. The molecule has 7 nitrogen and oxygen atoms in total. The van der Waals surface area contributed by atoms with Crippen molar-refractivity contribution in [2.75, 3.05) is 13.7 Å². The number of rotatable bonds is 5. The molecule has 1 heterocycles. The second-order valence-corrected chi connectivity index (χ2v) is 4.60. The summed E-state index contributed by atoms with van der Waals surface area (Å²) in [4.78, 5) is 25.6. The van der Waals surface area contributed by atoms with E-state index in [0.717, 1.165) is 6.61 Å². The normalized spacial score (nSPS) is 10.1. The Hall–Kier alpha value is -2.38. The van der Waals surface area contributed by atoms with Gasteiger partial charge in [-0.25, -0.2) is 9.59 Å². The van der Waals surface area contributed by atoms with Crippen molar-refractivity contribution in [1.82, 2.24) is 4.98 Å². The Balaban J connectivity index is 0.000000593. The Morgan fingerprint density at radius 3 is 2.39 bits per heavy atom. The van der Waals surface area contributed by atoms with E-state index < -0.39 is 18.0 Å². The first-order valence-electron chi connectivity index (χ1n) is 6.56. The second kappa shape index (κ2) is 8.92. The number of benzene rings is 1. The number of pyridine rings is 1. The topological polar surface area (TPSA) is 106 Å². The maximum Gasteiger partial charge on any atom is 0.356 e. The third-order valence-corrected chi connectivity index (χ3v) is 2.99. The van der Waals surface area contributed by atoms with Gasteiger partial charge in [-0.1, -0.05) is 11.6 Å². The molecule has 1 aromatic heterocycles. The van der Waals surface area contributed by atoms with Gasteiger partial charge < -0.3 is 19.7 Å². The van der Waals surface area contributed by atoms with Crippen LogP contribution in [0.2, 0.25) is 5.02 Å². The SMILES string of the molecule is CCOC.O=C(O)C(Oc1ccc(Cl)c2cccnc12)C(=O)O. The van der Waals surface area contributed by atoms with Gasteiger partial charge in [0.25, 0.3) is 6.10 Å². The third-order valence-electron chi connectivity index (χ3n) is 2.66. The summed E-state index contributed by atoms with van der Waals surface area (Å²) in [7, 11) is 1.68. The van der Waals surface area contributed by atoms with Crippen LogP contribution in [-0.2, 0) is 14.3 Å². The van der Waals surface area contributed by atoms with E-state index >= 15 is 0 Å². The van der Waals surface area contributed by atoms with Gasteiger partial charge in [0.15, 0.2) is 0 Å². The van der Waals surface area contributed by atoms with Crippen LogP contribution in [0, 0.1) is 0 Å². The number of hydrogen-bond donors (Lipinski definition) is 2. The van der Waals surface area contributed by atoms with Gasteiger partial charge in [0.05, 0.1) is 5.02 Å². The van der Waals surface area contributed by atoms with E-state index in [0.29, 0.717) is 15.9 Å². The third kappa shape index (κ3) is 5.08. The summed E-state index contributed by atoms with van der Waals surface area (Å²) in [6, 6.07) is 6.20. The van der Waals surface area contributed by atoms with Crippen molar-refractivity contribution in [3.63, 3.8) is 0 Å². The fourth-order valence-corrected chi connectivity index (χ4v) is 1.76. The van der Waals surface area contributed by atoms with Crippen molar-refractivity contribution in [2.24, 2.45) is 0 Å². The van der Waals surface area contributed by atoms with E-state index in [1.807, 2.05) is 6.92 Å². The van der Waals surface area contributed by atoms with Crippen LogP contribution in [0.3, 0.4) is 0 Å². The molecule has 0 saturated carbocycles. The largest absolute Gasteiger partial charge is 0.478 e. The fraction of sp³-hybridized carbons (Fsp3) is 0.267. The first-order chi connectivity index (χ1) is 10.9. The molecule has 23 heavy (non-hydrogen) atoms. The Morgan fingerprint density at radius 2 is 1.87 bits per heavy atom. The van der Waals surface area contributed by atoms with Crippen molar-refractivity contribution in [1.29, 1.82) is 0 Å². The first-order valence-corrected chi connectivity index (χ1v) is 6.94. The van der Waals surface area contributed by atoms with Crippen molar-refractivity contribution in [2.45, 2.75) is 13.0 Å². The average Bonchev–Trinajstić information content (AvgIpc) is 2.54. The van der Waals surface area contributed by atoms with Gasteiger partial charge in [-0.3, -0.25) is 4.98 Å². The number of fused-ring (bicyclic) bond motifs is 1. The molecule has 1 aromatic carbocycles. The Bertz CT molecular complexity index is 675. The molecule has 0 spiro atoms. The summed E-state index contributed by atoms with van der Waals surface area (Å²) in [6.07, 6.45) is -0.520. The van der Waals surface area contributed by atoms with E-state index in [4.69, 9.17) is 26.6 Å². The molecule has 0 unspecified atom stereocenters. The van der Waals surface area contributed by atoms with Gasteiger partial charge >= 0.3 is 11.9 Å². The highest BCUT2D eigenvalue weighted by Gasteiger charge is 2.28. The van der Waals surface area contributed by atoms with E-state index in [-0.39, 0.29) is 5.75 Å². The quantitative estimate of drug-likeness (QED) is 0.804. The molecule has 0 amide bonds. The molecule has 0 fully saturated rings. The van der Waals surface area contributed by atoms with E-state index in [1.54, 1.807) is 19.2 Å². The summed E-state index contributed by atoms with van der Waals surface area (Å²) in [6.45, 7) is 2.78. The molecule has 0 aliphatic rings. The highest BCUT2D eigenvalue weighted by Crippen LogP contribution is 2.30. The zero-order chi connectivity index (χ0) is 17.4. The molecule has 0 radical (unpaired) electrons. The number of methoxy groups -OCH3 is 1. The van der Waals surface area contributed by atoms with Crippen LogP contribution < -0.4 is 4.74 Å². The zero-order valence-corrected chi connectivity index (χ0v) is 13.3. The summed E-state index contributed by atoms with van der Waals surface area (Å²) >= 11 is 5.96. The molecule has 0 bridgehead atoms. The predicted molar refractivity (Wildman–Crippen MR) is 84.0 cm³/mol. The summed E-state index contributed by atoms with van der Waals surface area (Å²) in [5, 5.41) is 18.5. The van der Waals surface area contributed by atoms with Gasteiger partial charge in [-0.15, -0.1) is 0 Å². The fourth-order valence-electron chi connectivity index (χ4n) is 1.54. The number of carboxylic acids is 2. The average molecular weight is 342 g/mol. The van der Waals surface area contributed by atoms with Crippen molar-refractivity contribution in [3.8, 4) is 5.75 Å². The lowest BCUT2D eigenvalue weighted by molar-refractivity contribution is -0.158. The minimum atomic E-state index is -1.99. The maximum absolute atomic E-state index is 10.8. The minimum absolute atomic E-state index is 0.0507. The molecule has 0 aliphatic heterocycles. The summed E-state index contributed by atoms with van der Waals surface area (Å²) in [5.41, 5.74) is 0.308. The lowest BCUT2D eigenvalue weighted by Crippen LogP contribution is -2.35. The molecule has 2 aromatic rings. The van der Waals surface area contributed by atoms with Gasteiger partial charge in [-0.2, -0.15) is 0 Å². The number of aliphatic carboxylic acids is 2. The molecule has 8 heteroatoms.